The van der Waals surface area contributed by atoms with E-state index in [0.717, 1.165) is 5.33 Å². The molecule has 0 fully saturated rings. The minimum absolute atomic E-state index is 0.127. The minimum Gasteiger partial charge on any atom is -0.469 e. The van der Waals surface area contributed by atoms with Gasteiger partial charge in [-0.05, 0) is 12.0 Å². The molecule has 0 radical (unpaired) electrons. The van der Waals surface area contributed by atoms with Gasteiger partial charge in [0.2, 0.25) is 0 Å². The number of alkyl halides is 1. The largest absolute Gasteiger partial charge is 0.469 e. The van der Waals surface area contributed by atoms with Crippen molar-refractivity contribution >= 4 is 35.2 Å². The summed E-state index contributed by atoms with van der Waals surface area (Å²) in [4.78, 5) is 12.3. The van der Waals surface area contributed by atoms with Gasteiger partial charge in [-0.15, -0.1) is 6.58 Å². The van der Waals surface area contributed by atoms with Crippen LogP contribution in [0.1, 0.15) is 6.42 Å². The van der Waals surface area contributed by atoms with E-state index in [1.807, 2.05) is 24.3 Å². The first-order chi connectivity index (χ1) is 10.5. The van der Waals surface area contributed by atoms with E-state index in [-0.39, 0.29) is 17.4 Å². The maximum atomic E-state index is 12.3. The van der Waals surface area contributed by atoms with Crippen LogP contribution in [0.25, 0.3) is 0 Å². The van der Waals surface area contributed by atoms with Gasteiger partial charge in [0.25, 0.3) is 0 Å². The van der Waals surface area contributed by atoms with Crippen molar-refractivity contribution in [3.05, 3.63) is 55.1 Å². The van der Waals surface area contributed by atoms with Crippen molar-refractivity contribution in [2.75, 3.05) is 12.4 Å². The molecule has 2 atom stereocenters. The van der Waals surface area contributed by atoms with Gasteiger partial charge >= 0.3 is 5.97 Å². The fraction of sp³-hybridized carbons (Fsp3) is 0.389. The van der Waals surface area contributed by atoms with Gasteiger partial charge in [0.15, 0.2) is 0 Å². The van der Waals surface area contributed by atoms with Crippen LogP contribution in [0, 0.1) is 5.92 Å². The lowest BCUT2D eigenvalue weighted by Gasteiger charge is -2.35. The van der Waals surface area contributed by atoms with E-state index in [1.165, 1.54) is 12.3 Å². The van der Waals surface area contributed by atoms with Crippen molar-refractivity contribution in [2.24, 2.45) is 5.92 Å². The lowest BCUT2D eigenvalue weighted by atomic mass is 10.0. The Morgan fingerprint density at radius 3 is 2.45 bits per heavy atom. The van der Waals surface area contributed by atoms with Gasteiger partial charge in [0.1, 0.15) is 0 Å². The summed E-state index contributed by atoms with van der Waals surface area (Å²) < 4.78 is 5.05. The number of allylic oxidation sites excluding steroid dienone is 3. The molecule has 0 aliphatic carbocycles. The summed E-state index contributed by atoms with van der Waals surface area (Å²) in [5.74, 6) is -0.333. The van der Waals surface area contributed by atoms with Gasteiger partial charge in [-0.3, -0.25) is 4.79 Å². The maximum Gasteiger partial charge on any atom is 0.309 e. The van der Waals surface area contributed by atoms with Crippen LogP contribution in [0.4, 0.5) is 0 Å². The van der Waals surface area contributed by atoms with Gasteiger partial charge in [0, 0.05) is 5.33 Å². The number of carbonyl (C=O) groups excluding carboxylic acids is 1. The number of esters is 1. The summed E-state index contributed by atoms with van der Waals surface area (Å²) in [6.45, 7) is 8.59. The van der Waals surface area contributed by atoms with Gasteiger partial charge in [0.05, 0.1) is 21.1 Å². The molecule has 0 aliphatic heterocycles. The van der Waals surface area contributed by atoms with Crippen LogP contribution in [-0.4, -0.2) is 26.5 Å². The minimum atomic E-state index is -1.88. The molecule has 0 bridgehead atoms. The monoisotopic (exact) mass is 380 g/mol. The van der Waals surface area contributed by atoms with Crippen LogP contribution in [-0.2, 0) is 9.53 Å². The van der Waals surface area contributed by atoms with Crippen LogP contribution in [0.3, 0.4) is 0 Å². The molecule has 0 saturated heterocycles. The van der Waals surface area contributed by atoms with E-state index < -0.39 is 8.07 Å². The number of ether oxygens (including phenoxy) is 1. The molecule has 0 unspecified atom stereocenters. The molecular formula is C18H25BrO2Si. The zero-order valence-electron chi connectivity index (χ0n) is 13.6. The normalized spacial score (nSPS) is 14.5. The highest BCUT2D eigenvalue weighted by molar-refractivity contribution is 9.09. The average Bonchev–Trinajstić information content (AvgIpc) is 2.54. The maximum absolute atomic E-state index is 12.3. The molecular weight excluding hydrogens is 356 g/mol. The van der Waals surface area contributed by atoms with E-state index >= 15 is 0 Å². The van der Waals surface area contributed by atoms with Crippen molar-refractivity contribution in [1.29, 1.82) is 0 Å². The molecule has 1 rings (SSSR count). The summed E-state index contributed by atoms with van der Waals surface area (Å²) in [6.07, 6.45) is 6.69. The summed E-state index contributed by atoms with van der Waals surface area (Å²) >= 11 is 3.37. The Bertz CT molecular complexity index is 511. The standard InChI is InChI=1S/C18H25BrO2Si/c1-5-17(16(18(20)21-2)13-9-10-14-19)22(3,4)15-11-7-6-8-12-15/h5-12,16-17H,1,13-14H2,2-4H3/b10-9+/t16-,17-/m1/s1. The lowest BCUT2D eigenvalue weighted by molar-refractivity contribution is -0.145. The number of rotatable bonds is 8. The lowest BCUT2D eigenvalue weighted by Crippen LogP contribution is -2.49. The van der Waals surface area contributed by atoms with Crippen LogP contribution >= 0.6 is 15.9 Å². The molecule has 1 aromatic carbocycles. The highest BCUT2D eigenvalue weighted by Gasteiger charge is 2.40. The summed E-state index contributed by atoms with van der Waals surface area (Å²) in [7, 11) is -0.417. The Hall–Kier alpha value is -1.13. The van der Waals surface area contributed by atoms with E-state index in [1.54, 1.807) is 0 Å². The van der Waals surface area contributed by atoms with Crippen molar-refractivity contribution < 1.29 is 9.53 Å². The summed E-state index contributed by atoms with van der Waals surface area (Å²) in [6, 6.07) is 10.5. The van der Waals surface area contributed by atoms with Gasteiger partial charge < -0.3 is 4.74 Å². The summed E-state index contributed by atoms with van der Waals surface area (Å²) in [5, 5.41) is 2.12. The second-order valence-corrected chi connectivity index (χ2v) is 11.2. The number of methoxy groups -OCH3 is 1. The Kier molecular flexibility index (Phi) is 7.83. The Morgan fingerprint density at radius 1 is 1.32 bits per heavy atom. The number of benzene rings is 1. The molecule has 0 amide bonds. The van der Waals surface area contributed by atoms with E-state index in [4.69, 9.17) is 4.74 Å². The third-order valence-electron chi connectivity index (χ3n) is 4.19. The van der Waals surface area contributed by atoms with Crippen molar-refractivity contribution in [2.45, 2.75) is 25.1 Å². The molecule has 120 valence electrons. The van der Waals surface area contributed by atoms with Gasteiger partial charge in [-0.25, -0.2) is 0 Å². The second kappa shape index (κ2) is 9.11. The number of carbonyl (C=O) groups is 1. The first-order valence-corrected chi connectivity index (χ1v) is 11.7. The Morgan fingerprint density at radius 2 is 1.95 bits per heavy atom. The van der Waals surface area contributed by atoms with E-state index in [9.17, 15) is 4.79 Å². The quantitative estimate of drug-likeness (QED) is 0.291. The highest BCUT2D eigenvalue weighted by atomic mass is 79.9. The van der Waals surface area contributed by atoms with Crippen LogP contribution in [0.5, 0.6) is 0 Å². The molecule has 22 heavy (non-hydrogen) atoms. The fourth-order valence-electron chi connectivity index (χ4n) is 2.87. The fourth-order valence-corrected chi connectivity index (χ4v) is 6.44. The predicted octanol–water partition coefficient (Wildman–Crippen LogP) is 4.29. The van der Waals surface area contributed by atoms with Crippen molar-refractivity contribution in [3.8, 4) is 0 Å². The third-order valence-corrected chi connectivity index (χ3v) is 8.69. The number of hydrogen-bond acceptors (Lipinski definition) is 2. The molecule has 0 spiro atoms. The van der Waals surface area contributed by atoms with Crippen LogP contribution in [0.2, 0.25) is 18.6 Å². The molecule has 4 heteroatoms. The molecule has 0 N–H and O–H groups in total. The topological polar surface area (TPSA) is 26.3 Å². The number of hydrogen-bond donors (Lipinski definition) is 0. The van der Waals surface area contributed by atoms with Crippen LogP contribution < -0.4 is 5.19 Å². The van der Waals surface area contributed by atoms with Crippen molar-refractivity contribution in [3.63, 3.8) is 0 Å². The Labute approximate surface area is 143 Å². The molecule has 0 saturated carbocycles. The van der Waals surface area contributed by atoms with Gasteiger partial charge in [-0.2, -0.15) is 0 Å². The smallest absolute Gasteiger partial charge is 0.309 e. The SMILES string of the molecule is C=C[C@H]([C@@H](C/C=C/CBr)C(=O)OC)[Si](C)(C)c1ccccc1. The molecule has 2 nitrogen and oxygen atoms in total. The first kappa shape index (κ1) is 18.9. The Balaban J connectivity index is 3.14. The molecule has 0 heterocycles. The second-order valence-electron chi connectivity index (χ2n) is 5.84. The molecule has 1 aromatic rings. The first-order valence-electron chi connectivity index (χ1n) is 7.45. The highest BCUT2D eigenvalue weighted by Crippen LogP contribution is 2.34. The summed E-state index contributed by atoms with van der Waals surface area (Å²) in [5.41, 5.74) is 0.127. The van der Waals surface area contributed by atoms with E-state index in [0.29, 0.717) is 6.42 Å². The third kappa shape index (κ3) is 4.68. The van der Waals surface area contributed by atoms with Crippen LogP contribution in [0.15, 0.2) is 55.1 Å². The van der Waals surface area contributed by atoms with Crippen molar-refractivity contribution in [1.82, 2.24) is 0 Å². The van der Waals surface area contributed by atoms with Gasteiger partial charge in [-0.1, -0.05) is 82.8 Å². The zero-order valence-corrected chi connectivity index (χ0v) is 16.2. The zero-order chi connectivity index (χ0) is 16.6. The average molecular weight is 381 g/mol. The predicted molar refractivity (Wildman–Crippen MR) is 101 cm³/mol. The molecule has 0 aromatic heterocycles. The number of halogens is 1. The van der Waals surface area contributed by atoms with E-state index in [2.05, 4.69) is 59.9 Å². The molecule has 0 aliphatic rings.